The zero-order valence-electron chi connectivity index (χ0n) is 11.7. The van der Waals surface area contributed by atoms with E-state index in [9.17, 15) is 14.9 Å². The van der Waals surface area contributed by atoms with Gasteiger partial charge in [-0.15, -0.1) is 0 Å². The number of benzene rings is 1. The van der Waals surface area contributed by atoms with Gasteiger partial charge in [0.15, 0.2) is 0 Å². The fourth-order valence-corrected chi connectivity index (χ4v) is 2.35. The van der Waals surface area contributed by atoms with Gasteiger partial charge in [-0.25, -0.2) is 9.78 Å². The Labute approximate surface area is 141 Å². The van der Waals surface area contributed by atoms with Crippen LogP contribution in [-0.4, -0.2) is 21.8 Å². The number of nitro benzene ring substituents is 1. The highest BCUT2D eigenvalue weighted by atomic mass is 32.2. The Morgan fingerprint density at radius 2 is 2.04 bits per heavy atom. The van der Waals surface area contributed by atoms with Crippen molar-refractivity contribution in [1.29, 1.82) is 0 Å². The number of rotatable bonds is 6. The molecule has 0 amide bonds. The van der Waals surface area contributed by atoms with Crippen molar-refractivity contribution in [3.63, 3.8) is 0 Å². The lowest BCUT2D eigenvalue weighted by Crippen LogP contribution is -2.12. The van der Waals surface area contributed by atoms with Gasteiger partial charge in [0, 0.05) is 24.1 Å². The van der Waals surface area contributed by atoms with Crippen molar-refractivity contribution in [1.82, 2.24) is 4.98 Å². The minimum Gasteiger partial charge on any atom is -0.424 e. The first-order chi connectivity index (χ1) is 11.1. The van der Waals surface area contributed by atoms with Crippen molar-refractivity contribution in [2.45, 2.75) is 11.1 Å². The van der Waals surface area contributed by atoms with Gasteiger partial charge in [0.1, 0.15) is 23.2 Å². The van der Waals surface area contributed by atoms with E-state index in [4.69, 9.17) is 8.92 Å². The molecule has 1 aromatic carbocycles. The van der Waals surface area contributed by atoms with Gasteiger partial charge in [-0.2, -0.15) is 12.6 Å². The molecule has 1 unspecified atom stereocenters. The predicted octanol–water partition coefficient (Wildman–Crippen LogP) is 3.82. The van der Waals surface area contributed by atoms with Crippen LogP contribution in [0.5, 0.6) is 0 Å². The van der Waals surface area contributed by atoms with Crippen LogP contribution in [0.25, 0.3) is 0 Å². The van der Waals surface area contributed by atoms with E-state index in [1.54, 1.807) is 24.4 Å². The van der Waals surface area contributed by atoms with E-state index in [0.717, 1.165) is 12.0 Å². The molecule has 0 saturated heterocycles. The Kier molecular flexibility index (Phi) is 6.24. The average molecular weight is 352 g/mol. The van der Waals surface area contributed by atoms with Gasteiger partial charge in [-0.05, 0) is 29.8 Å². The second kappa shape index (κ2) is 8.39. The van der Waals surface area contributed by atoms with Gasteiger partial charge in [0.25, 0.3) is 5.69 Å². The molecule has 0 saturated carbocycles. The number of thiol groups is 1. The smallest absolute Gasteiger partial charge is 0.424 e. The highest BCUT2D eigenvalue weighted by Gasteiger charge is 2.18. The second-order valence-electron chi connectivity index (χ2n) is 4.22. The zero-order valence-corrected chi connectivity index (χ0v) is 13.4. The number of hydrogen-bond donors (Lipinski definition) is 1. The summed E-state index contributed by atoms with van der Waals surface area (Å²) < 4.78 is 10.0. The highest BCUT2D eigenvalue weighted by molar-refractivity contribution is 7.95. The molecule has 0 fully saturated rings. The van der Waals surface area contributed by atoms with Crippen molar-refractivity contribution >= 4 is 36.5 Å². The molecule has 7 nitrogen and oxygen atoms in total. The van der Waals surface area contributed by atoms with Gasteiger partial charge >= 0.3 is 6.16 Å². The molecule has 1 aromatic heterocycles. The van der Waals surface area contributed by atoms with Crippen LogP contribution < -0.4 is 0 Å². The van der Waals surface area contributed by atoms with E-state index in [-0.39, 0.29) is 11.4 Å². The van der Waals surface area contributed by atoms with Crippen LogP contribution in [0, 0.1) is 10.1 Å². The monoisotopic (exact) mass is 352 g/mol. The first-order valence-electron chi connectivity index (χ1n) is 6.41. The maximum absolute atomic E-state index is 11.7. The van der Waals surface area contributed by atoms with Crippen LogP contribution in [0.4, 0.5) is 10.5 Å². The maximum atomic E-state index is 11.7. The minimum absolute atomic E-state index is 0.0417. The summed E-state index contributed by atoms with van der Waals surface area (Å²) in [6.45, 7) is 0. The molecule has 120 valence electrons. The minimum atomic E-state index is -0.891. The fourth-order valence-electron chi connectivity index (χ4n) is 1.63. The Balaban J connectivity index is 1.93. The molecule has 1 heterocycles. The number of hydrogen-bond acceptors (Lipinski definition) is 8. The Morgan fingerprint density at radius 3 is 2.61 bits per heavy atom. The number of carbonyl (C=O) groups excluding carboxylic acids is 1. The van der Waals surface area contributed by atoms with Crippen LogP contribution in [0.3, 0.4) is 0 Å². The summed E-state index contributed by atoms with van der Waals surface area (Å²) in [5, 5.41) is 11.1. The highest BCUT2D eigenvalue weighted by Crippen LogP contribution is 2.24. The molecule has 1 atom stereocenters. The Bertz CT molecular complexity index is 667. The standard InChI is InChI=1S/C14H12N2O5S2/c17-14(21-23-13-3-1-2-8-15-13)20-12(9-22)10-4-6-11(7-5-10)16(18)19/h1-8,12,22H,9H2. The summed E-state index contributed by atoms with van der Waals surface area (Å²) in [4.78, 5) is 25.8. The third kappa shape index (κ3) is 5.15. The van der Waals surface area contributed by atoms with E-state index >= 15 is 0 Å². The first kappa shape index (κ1) is 17.1. The molecule has 0 bridgehead atoms. The first-order valence-corrected chi connectivity index (χ1v) is 7.79. The third-order valence-corrected chi connectivity index (χ3v) is 3.68. The molecule has 2 aromatic rings. The maximum Gasteiger partial charge on any atom is 0.521 e. The van der Waals surface area contributed by atoms with Crippen LogP contribution in [0.1, 0.15) is 11.7 Å². The number of ether oxygens (including phenoxy) is 1. The lowest BCUT2D eigenvalue weighted by atomic mass is 10.1. The normalized spacial score (nSPS) is 11.5. The lowest BCUT2D eigenvalue weighted by molar-refractivity contribution is -0.384. The fraction of sp³-hybridized carbons (Fsp3) is 0.143. The largest absolute Gasteiger partial charge is 0.521 e. The third-order valence-electron chi connectivity index (χ3n) is 2.71. The van der Waals surface area contributed by atoms with Crippen molar-refractivity contribution in [2.24, 2.45) is 0 Å². The summed E-state index contributed by atoms with van der Waals surface area (Å²) in [5.74, 6) is 0.209. The van der Waals surface area contributed by atoms with Crippen molar-refractivity contribution in [3.05, 3.63) is 64.3 Å². The van der Waals surface area contributed by atoms with E-state index < -0.39 is 17.2 Å². The lowest BCUT2D eigenvalue weighted by Gasteiger charge is -2.15. The van der Waals surface area contributed by atoms with Crippen LogP contribution in [-0.2, 0) is 8.92 Å². The van der Waals surface area contributed by atoms with Crippen molar-refractivity contribution in [3.8, 4) is 0 Å². The molecule has 9 heteroatoms. The Hall–Kier alpha value is -2.26. The molecule has 0 radical (unpaired) electrons. The number of nitro groups is 1. The molecule has 0 N–H and O–H groups in total. The van der Waals surface area contributed by atoms with E-state index in [0.29, 0.717) is 10.6 Å². The SMILES string of the molecule is O=C(OSc1ccccn1)OC(CS)c1ccc([N+](=O)[O-])cc1. The average Bonchev–Trinajstić information content (AvgIpc) is 2.59. The molecule has 0 aliphatic heterocycles. The predicted molar refractivity (Wildman–Crippen MR) is 87.4 cm³/mol. The topological polar surface area (TPSA) is 91.6 Å². The molecular formula is C14H12N2O5S2. The molecule has 2 rings (SSSR count). The van der Waals surface area contributed by atoms with E-state index in [1.807, 2.05) is 0 Å². The van der Waals surface area contributed by atoms with Gasteiger partial charge in [-0.1, -0.05) is 6.07 Å². The summed E-state index contributed by atoms with van der Waals surface area (Å²) in [7, 11) is 0. The van der Waals surface area contributed by atoms with Crippen molar-refractivity contribution < 1.29 is 18.6 Å². The summed E-state index contributed by atoms with van der Waals surface area (Å²) in [5.41, 5.74) is 0.547. The number of carbonyl (C=O) groups is 1. The summed E-state index contributed by atoms with van der Waals surface area (Å²) >= 11 is 4.90. The van der Waals surface area contributed by atoms with E-state index in [1.165, 1.54) is 24.3 Å². The quantitative estimate of drug-likeness (QED) is 0.278. The number of non-ortho nitro benzene ring substituents is 1. The van der Waals surface area contributed by atoms with Crippen LogP contribution in [0.2, 0.25) is 0 Å². The van der Waals surface area contributed by atoms with E-state index in [2.05, 4.69) is 17.6 Å². The molecular weight excluding hydrogens is 340 g/mol. The van der Waals surface area contributed by atoms with Gasteiger partial charge in [0.2, 0.25) is 0 Å². The van der Waals surface area contributed by atoms with Crippen molar-refractivity contribution in [2.75, 3.05) is 5.75 Å². The number of nitrogens with zero attached hydrogens (tertiary/aromatic N) is 2. The number of aromatic nitrogens is 1. The summed E-state index contributed by atoms with van der Waals surface area (Å²) in [6.07, 6.45) is 0.0127. The molecule has 0 aliphatic rings. The Morgan fingerprint density at radius 1 is 1.30 bits per heavy atom. The van der Waals surface area contributed by atoms with Gasteiger partial charge < -0.3 is 8.92 Å². The molecule has 0 spiro atoms. The molecule has 0 aliphatic carbocycles. The van der Waals surface area contributed by atoms with Gasteiger partial charge in [-0.3, -0.25) is 10.1 Å². The number of pyridine rings is 1. The van der Waals surface area contributed by atoms with Crippen LogP contribution in [0.15, 0.2) is 53.7 Å². The zero-order chi connectivity index (χ0) is 16.7. The second-order valence-corrected chi connectivity index (χ2v) is 5.34. The van der Waals surface area contributed by atoms with Crippen LogP contribution >= 0.6 is 24.7 Å². The van der Waals surface area contributed by atoms with Gasteiger partial charge in [0.05, 0.1) is 4.92 Å². The summed E-state index contributed by atoms with van der Waals surface area (Å²) in [6, 6.07) is 10.9. The molecule has 23 heavy (non-hydrogen) atoms.